The van der Waals surface area contributed by atoms with E-state index in [1.807, 2.05) is 23.9 Å². The van der Waals surface area contributed by atoms with Gasteiger partial charge in [-0.05, 0) is 39.8 Å². The first kappa shape index (κ1) is 27.4. The SMILES string of the molecule is CN(CN(C)C1CCCCCCCCC1)C(=O)N(C)CN(C)C1CCCCCCCCC1. The Labute approximate surface area is 199 Å². The maximum Gasteiger partial charge on any atom is 0.321 e. The molecular formula is C27H54N4O. The number of nitrogens with zero attached hydrogens (tertiary/aromatic N) is 4. The molecule has 5 heteroatoms. The average molecular weight is 451 g/mol. The monoisotopic (exact) mass is 450 g/mol. The number of urea groups is 1. The van der Waals surface area contributed by atoms with E-state index in [9.17, 15) is 4.79 Å². The minimum absolute atomic E-state index is 0.142. The Morgan fingerprint density at radius 3 is 1.03 bits per heavy atom. The van der Waals surface area contributed by atoms with Gasteiger partial charge in [-0.3, -0.25) is 9.80 Å². The molecule has 0 spiro atoms. The van der Waals surface area contributed by atoms with Gasteiger partial charge >= 0.3 is 6.03 Å². The summed E-state index contributed by atoms with van der Waals surface area (Å²) < 4.78 is 0. The Balaban J connectivity index is 1.80. The molecule has 0 bridgehead atoms. The Bertz CT molecular complexity index is 438. The Hall–Kier alpha value is -0.810. The Morgan fingerprint density at radius 2 is 0.750 bits per heavy atom. The van der Waals surface area contributed by atoms with Gasteiger partial charge in [0, 0.05) is 26.2 Å². The van der Waals surface area contributed by atoms with Gasteiger partial charge in [-0.15, -0.1) is 0 Å². The molecular weight excluding hydrogens is 396 g/mol. The molecule has 0 aromatic carbocycles. The smallest absolute Gasteiger partial charge is 0.315 e. The molecule has 2 rings (SSSR count). The van der Waals surface area contributed by atoms with Gasteiger partial charge in [0.15, 0.2) is 0 Å². The molecule has 0 unspecified atom stereocenters. The highest BCUT2D eigenvalue weighted by molar-refractivity contribution is 5.73. The molecule has 0 aromatic heterocycles. The highest BCUT2D eigenvalue weighted by Crippen LogP contribution is 2.22. The molecule has 0 aromatic rings. The predicted molar refractivity (Wildman–Crippen MR) is 137 cm³/mol. The summed E-state index contributed by atoms with van der Waals surface area (Å²) in [6, 6.07) is 1.36. The molecule has 0 atom stereocenters. The molecule has 0 heterocycles. The zero-order chi connectivity index (χ0) is 23.2. The van der Waals surface area contributed by atoms with Gasteiger partial charge in [-0.2, -0.15) is 0 Å². The van der Waals surface area contributed by atoms with E-state index in [4.69, 9.17) is 0 Å². The van der Waals surface area contributed by atoms with E-state index in [1.165, 1.54) is 116 Å². The number of hydrogen-bond acceptors (Lipinski definition) is 3. The van der Waals surface area contributed by atoms with E-state index in [0.29, 0.717) is 12.1 Å². The molecule has 188 valence electrons. The van der Waals surface area contributed by atoms with E-state index in [2.05, 4.69) is 23.9 Å². The first-order valence-corrected chi connectivity index (χ1v) is 13.9. The maximum absolute atomic E-state index is 13.1. The topological polar surface area (TPSA) is 30.0 Å². The first-order chi connectivity index (χ1) is 15.5. The van der Waals surface area contributed by atoms with Crippen LogP contribution >= 0.6 is 0 Å². The fourth-order valence-corrected chi connectivity index (χ4v) is 5.77. The summed E-state index contributed by atoms with van der Waals surface area (Å²) >= 11 is 0. The lowest BCUT2D eigenvalue weighted by Crippen LogP contribution is -2.49. The van der Waals surface area contributed by atoms with E-state index in [0.717, 1.165) is 13.3 Å². The summed E-state index contributed by atoms with van der Waals surface area (Å²) in [4.78, 5) is 21.8. The second-order valence-electron chi connectivity index (χ2n) is 10.9. The zero-order valence-corrected chi connectivity index (χ0v) is 22.0. The number of carbonyl (C=O) groups excluding carboxylic acids is 1. The summed E-state index contributed by atoms with van der Waals surface area (Å²) in [5.74, 6) is 0. The zero-order valence-electron chi connectivity index (χ0n) is 22.0. The normalized spacial score (nSPS) is 21.4. The average Bonchev–Trinajstić information content (AvgIpc) is 2.79. The van der Waals surface area contributed by atoms with Gasteiger partial charge in [0.25, 0.3) is 0 Å². The molecule has 2 aliphatic carbocycles. The summed E-state index contributed by atoms with van der Waals surface area (Å²) in [6.07, 6.45) is 24.3. The third-order valence-electron chi connectivity index (χ3n) is 7.92. The van der Waals surface area contributed by atoms with Crippen LogP contribution in [-0.4, -0.2) is 79.2 Å². The van der Waals surface area contributed by atoms with Crippen LogP contribution in [0.15, 0.2) is 0 Å². The minimum Gasteiger partial charge on any atom is -0.315 e. The van der Waals surface area contributed by atoms with Crippen molar-refractivity contribution in [2.24, 2.45) is 0 Å². The maximum atomic E-state index is 13.1. The van der Waals surface area contributed by atoms with Crippen molar-refractivity contribution in [2.75, 3.05) is 41.5 Å². The van der Waals surface area contributed by atoms with Crippen LogP contribution in [0.4, 0.5) is 4.79 Å². The molecule has 0 N–H and O–H groups in total. The highest BCUT2D eigenvalue weighted by atomic mass is 16.2. The quantitative estimate of drug-likeness (QED) is 0.431. The second-order valence-corrected chi connectivity index (χ2v) is 10.9. The van der Waals surface area contributed by atoms with Crippen LogP contribution in [0.25, 0.3) is 0 Å². The van der Waals surface area contributed by atoms with E-state index in [1.54, 1.807) is 0 Å². The van der Waals surface area contributed by atoms with Crippen LogP contribution in [0, 0.1) is 0 Å². The fraction of sp³-hybridized carbons (Fsp3) is 0.963. The molecule has 2 amide bonds. The summed E-state index contributed by atoms with van der Waals surface area (Å²) in [7, 11) is 8.37. The van der Waals surface area contributed by atoms with Crippen LogP contribution in [-0.2, 0) is 0 Å². The largest absolute Gasteiger partial charge is 0.321 e. The molecule has 32 heavy (non-hydrogen) atoms. The van der Waals surface area contributed by atoms with Gasteiger partial charge < -0.3 is 9.80 Å². The number of amides is 2. The molecule has 0 radical (unpaired) electrons. The fourth-order valence-electron chi connectivity index (χ4n) is 5.77. The third kappa shape index (κ3) is 10.4. The summed E-state index contributed by atoms with van der Waals surface area (Å²) in [5.41, 5.74) is 0. The van der Waals surface area contributed by atoms with Crippen molar-refractivity contribution >= 4 is 6.03 Å². The van der Waals surface area contributed by atoms with Crippen LogP contribution in [0.1, 0.15) is 116 Å². The van der Waals surface area contributed by atoms with Gasteiger partial charge in [-0.1, -0.05) is 89.9 Å². The van der Waals surface area contributed by atoms with Gasteiger partial charge in [0.1, 0.15) is 0 Å². The lowest BCUT2D eigenvalue weighted by Gasteiger charge is -2.36. The van der Waals surface area contributed by atoms with Crippen LogP contribution in [0.2, 0.25) is 0 Å². The summed E-state index contributed by atoms with van der Waals surface area (Å²) in [6.45, 7) is 1.45. The minimum atomic E-state index is 0.142. The first-order valence-electron chi connectivity index (χ1n) is 13.9. The molecule has 2 fully saturated rings. The van der Waals surface area contributed by atoms with Crippen LogP contribution in [0.3, 0.4) is 0 Å². The van der Waals surface area contributed by atoms with Crippen molar-refractivity contribution in [3.63, 3.8) is 0 Å². The van der Waals surface area contributed by atoms with E-state index >= 15 is 0 Å². The predicted octanol–water partition coefficient (Wildman–Crippen LogP) is 6.53. The second kappa shape index (κ2) is 15.9. The van der Waals surface area contributed by atoms with E-state index < -0.39 is 0 Å². The third-order valence-corrected chi connectivity index (χ3v) is 7.92. The Kier molecular flexibility index (Phi) is 13.7. The molecule has 0 aliphatic heterocycles. The number of rotatable bonds is 6. The van der Waals surface area contributed by atoms with Crippen molar-refractivity contribution in [1.82, 2.24) is 19.6 Å². The standard InChI is InChI=1S/C27H54N4O/c1-28(25-19-15-11-7-5-8-12-16-20-25)23-30(3)27(32)31(4)24-29(2)26-21-17-13-9-6-10-14-18-22-26/h25-26H,5-24H2,1-4H3. The van der Waals surface area contributed by atoms with Gasteiger partial charge in [-0.25, -0.2) is 4.79 Å². The van der Waals surface area contributed by atoms with Crippen molar-refractivity contribution < 1.29 is 4.79 Å². The van der Waals surface area contributed by atoms with Crippen LogP contribution in [0.5, 0.6) is 0 Å². The van der Waals surface area contributed by atoms with Crippen molar-refractivity contribution in [3.8, 4) is 0 Å². The van der Waals surface area contributed by atoms with E-state index in [-0.39, 0.29) is 6.03 Å². The lowest BCUT2D eigenvalue weighted by molar-refractivity contribution is 0.0896. The van der Waals surface area contributed by atoms with Gasteiger partial charge in [0.05, 0.1) is 13.3 Å². The molecule has 2 saturated carbocycles. The van der Waals surface area contributed by atoms with Crippen molar-refractivity contribution in [3.05, 3.63) is 0 Å². The molecule has 2 aliphatic rings. The Morgan fingerprint density at radius 1 is 0.500 bits per heavy atom. The summed E-state index contributed by atoms with van der Waals surface area (Å²) in [5, 5.41) is 0. The van der Waals surface area contributed by atoms with Crippen molar-refractivity contribution in [1.29, 1.82) is 0 Å². The highest BCUT2D eigenvalue weighted by Gasteiger charge is 2.23. The van der Waals surface area contributed by atoms with Gasteiger partial charge in [0.2, 0.25) is 0 Å². The number of carbonyl (C=O) groups is 1. The number of hydrogen-bond donors (Lipinski definition) is 0. The lowest BCUT2D eigenvalue weighted by atomic mass is 9.97. The molecule has 5 nitrogen and oxygen atoms in total. The van der Waals surface area contributed by atoms with Crippen LogP contribution < -0.4 is 0 Å². The van der Waals surface area contributed by atoms with Crippen molar-refractivity contribution in [2.45, 2.75) is 128 Å². The molecule has 0 saturated heterocycles.